The van der Waals surface area contributed by atoms with Crippen LogP contribution in [0.15, 0.2) is 11.8 Å². The average molecular weight is 264 g/mol. The molecule has 2 aliphatic rings. The topological polar surface area (TPSA) is 49.4 Å². The fraction of sp³-hybridized carbons (Fsp3) is 0.733. The fourth-order valence-corrected chi connectivity index (χ4v) is 3.13. The van der Waals surface area contributed by atoms with Crippen LogP contribution in [0.4, 0.5) is 0 Å². The molecule has 106 valence electrons. The van der Waals surface area contributed by atoms with Gasteiger partial charge in [-0.3, -0.25) is 14.5 Å². The Morgan fingerprint density at radius 2 is 1.79 bits per heavy atom. The summed E-state index contributed by atoms with van der Waals surface area (Å²) in [6, 6.07) is 0. The predicted molar refractivity (Wildman–Crippen MR) is 74.5 cm³/mol. The van der Waals surface area contributed by atoms with Crippen LogP contribution in [-0.2, 0) is 9.59 Å². The van der Waals surface area contributed by atoms with Crippen LogP contribution in [0.3, 0.4) is 0 Å². The first kappa shape index (κ1) is 14.3. The molecule has 0 saturated carbocycles. The number of nitrogens with one attached hydrogen (secondary N) is 1. The minimum Gasteiger partial charge on any atom is -0.331 e. The first-order valence-electron chi connectivity index (χ1n) is 7.41. The van der Waals surface area contributed by atoms with Gasteiger partial charge >= 0.3 is 0 Å². The lowest BCUT2D eigenvalue weighted by atomic mass is 9.73. The first-order valence-corrected chi connectivity index (χ1v) is 7.41. The number of amides is 1. The van der Waals surface area contributed by atoms with E-state index in [1.54, 1.807) is 6.20 Å². The molecule has 0 aromatic rings. The Kier molecular flexibility index (Phi) is 4.40. The first-order chi connectivity index (χ1) is 9.14. The lowest BCUT2D eigenvalue weighted by molar-refractivity contribution is -0.141. The molecule has 2 heterocycles. The molecule has 0 unspecified atom stereocenters. The van der Waals surface area contributed by atoms with Crippen molar-refractivity contribution < 1.29 is 9.59 Å². The van der Waals surface area contributed by atoms with Gasteiger partial charge < -0.3 is 5.32 Å². The van der Waals surface area contributed by atoms with E-state index in [9.17, 15) is 9.59 Å². The van der Waals surface area contributed by atoms with Crippen LogP contribution in [0.1, 0.15) is 46.0 Å². The maximum Gasteiger partial charge on any atom is 0.237 e. The van der Waals surface area contributed by atoms with Crippen molar-refractivity contribution in [2.45, 2.75) is 46.0 Å². The van der Waals surface area contributed by atoms with Gasteiger partial charge in [0.25, 0.3) is 0 Å². The second kappa shape index (κ2) is 5.87. The molecule has 0 aromatic heterocycles. The summed E-state index contributed by atoms with van der Waals surface area (Å²) >= 11 is 0. The Labute approximate surface area is 115 Å². The maximum atomic E-state index is 12.6. The molecule has 0 aliphatic carbocycles. The predicted octanol–water partition coefficient (Wildman–Crippen LogP) is 1.86. The molecule has 1 amide bonds. The standard InChI is InChI=1S/C15H24N2O2/c1-3-15(4-2)13(18)12(10-16-14(15)19)11-17-8-6-5-7-9-17/h10H,3-9,11H2,1-2H3,(H,16,19). The van der Waals surface area contributed by atoms with E-state index in [2.05, 4.69) is 10.2 Å². The molecule has 2 rings (SSSR count). The highest BCUT2D eigenvalue weighted by molar-refractivity contribution is 6.16. The van der Waals surface area contributed by atoms with E-state index < -0.39 is 5.41 Å². The van der Waals surface area contributed by atoms with Crippen molar-refractivity contribution in [1.29, 1.82) is 0 Å². The van der Waals surface area contributed by atoms with Crippen LogP contribution in [0.25, 0.3) is 0 Å². The lowest BCUT2D eigenvalue weighted by Crippen LogP contribution is -2.50. The average Bonchev–Trinajstić information content (AvgIpc) is 2.45. The Morgan fingerprint density at radius 3 is 2.37 bits per heavy atom. The molecule has 0 radical (unpaired) electrons. The number of hydrogen-bond acceptors (Lipinski definition) is 3. The van der Waals surface area contributed by atoms with Crippen molar-refractivity contribution in [2.75, 3.05) is 19.6 Å². The van der Waals surface area contributed by atoms with Crippen molar-refractivity contribution >= 4 is 11.7 Å². The van der Waals surface area contributed by atoms with Gasteiger partial charge in [-0.2, -0.15) is 0 Å². The molecule has 0 atom stereocenters. The number of ketones is 1. The zero-order chi connectivity index (χ0) is 13.9. The van der Waals surface area contributed by atoms with Crippen molar-refractivity contribution in [3.63, 3.8) is 0 Å². The molecular weight excluding hydrogens is 240 g/mol. The summed E-state index contributed by atoms with van der Waals surface area (Å²) in [5, 5.41) is 2.80. The van der Waals surface area contributed by atoms with E-state index in [1.807, 2.05) is 13.8 Å². The molecule has 2 aliphatic heterocycles. The summed E-state index contributed by atoms with van der Waals surface area (Å²) in [6.45, 7) is 6.64. The Hall–Kier alpha value is -1.16. The van der Waals surface area contributed by atoms with Gasteiger partial charge in [0, 0.05) is 18.3 Å². The molecule has 4 heteroatoms. The van der Waals surface area contributed by atoms with E-state index in [4.69, 9.17) is 0 Å². The van der Waals surface area contributed by atoms with Gasteiger partial charge in [0.05, 0.1) is 0 Å². The third-order valence-electron chi connectivity index (χ3n) is 4.59. The summed E-state index contributed by atoms with van der Waals surface area (Å²) < 4.78 is 0. The van der Waals surface area contributed by atoms with Gasteiger partial charge in [-0.15, -0.1) is 0 Å². The summed E-state index contributed by atoms with van der Waals surface area (Å²) in [6.07, 6.45) is 6.48. The number of carbonyl (C=O) groups excluding carboxylic acids is 2. The van der Waals surface area contributed by atoms with Crippen LogP contribution in [0.5, 0.6) is 0 Å². The Morgan fingerprint density at radius 1 is 1.16 bits per heavy atom. The molecular formula is C15H24N2O2. The molecule has 19 heavy (non-hydrogen) atoms. The number of likely N-dealkylation sites (tertiary alicyclic amines) is 1. The van der Waals surface area contributed by atoms with Gasteiger partial charge in [-0.05, 0) is 38.8 Å². The number of rotatable bonds is 4. The molecule has 1 fully saturated rings. The second-order valence-electron chi connectivity index (χ2n) is 5.60. The highest BCUT2D eigenvalue weighted by Crippen LogP contribution is 2.33. The summed E-state index contributed by atoms with van der Waals surface area (Å²) in [5.41, 5.74) is -0.0648. The molecule has 0 aromatic carbocycles. The van der Waals surface area contributed by atoms with E-state index in [1.165, 1.54) is 19.3 Å². The van der Waals surface area contributed by atoms with Crippen molar-refractivity contribution in [2.24, 2.45) is 5.41 Å². The van der Waals surface area contributed by atoms with Crippen molar-refractivity contribution in [1.82, 2.24) is 10.2 Å². The number of nitrogens with zero attached hydrogens (tertiary/aromatic N) is 1. The second-order valence-corrected chi connectivity index (χ2v) is 5.60. The number of hydrogen-bond donors (Lipinski definition) is 1. The van der Waals surface area contributed by atoms with Crippen LogP contribution in [0.2, 0.25) is 0 Å². The van der Waals surface area contributed by atoms with E-state index in [0.29, 0.717) is 19.4 Å². The molecule has 0 spiro atoms. The summed E-state index contributed by atoms with van der Waals surface area (Å²) in [5.74, 6) is -0.100. The van der Waals surface area contributed by atoms with Crippen LogP contribution >= 0.6 is 0 Å². The number of carbonyl (C=O) groups is 2. The van der Waals surface area contributed by atoms with Gasteiger partial charge in [0.2, 0.25) is 5.91 Å². The van der Waals surface area contributed by atoms with E-state index >= 15 is 0 Å². The van der Waals surface area contributed by atoms with Crippen molar-refractivity contribution in [3.05, 3.63) is 11.8 Å². The highest BCUT2D eigenvalue weighted by atomic mass is 16.2. The van der Waals surface area contributed by atoms with Gasteiger partial charge in [-0.25, -0.2) is 0 Å². The minimum absolute atomic E-state index is 0.0341. The quantitative estimate of drug-likeness (QED) is 0.789. The highest BCUT2D eigenvalue weighted by Gasteiger charge is 2.45. The van der Waals surface area contributed by atoms with E-state index in [-0.39, 0.29) is 11.7 Å². The third kappa shape index (κ3) is 2.59. The van der Waals surface area contributed by atoms with Gasteiger partial charge in [0.15, 0.2) is 5.78 Å². The summed E-state index contributed by atoms with van der Waals surface area (Å²) in [4.78, 5) is 27.0. The maximum absolute atomic E-state index is 12.6. The molecule has 1 saturated heterocycles. The van der Waals surface area contributed by atoms with Gasteiger partial charge in [-0.1, -0.05) is 20.3 Å². The van der Waals surface area contributed by atoms with Gasteiger partial charge in [0.1, 0.15) is 5.41 Å². The smallest absolute Gasteiger partial charge is 0.237 e. The monoisotopic (exact) mass is 264 g/mol. The fourth-order valence-electron chi connectivity index (χ4n) is 3.13. The lowest BCUT2D eigenvalue weighted by Gasteiger charge is -2.35. The zero-order valence-corrected chi connectivity index (χ0v) is 12.0. The SMILES string of the molecule is CCC1(CC)C(=O)NC=C(CN2CCCCC2)C1=O. The zero-order valence-electron chi connectivity index (χ0n) is 12.0. The van der Waals surface area contributed by atoms with Crippen LogP contribution < -0.4 is 5.32 Å². The summed E-state index contributed by atoms with van der Waals surface area (Å²) in [7, 11) is 0. The minimum atomic E-state index is -0.833. The Bertz CT molecular complexity index is 391. The molecule has 1 N–H and O–H groups in total. The normalized spacial score (nSPS) is 24.0. The van der Waals surface area contributed by atoms with Crippen LogP contribution in [0, 0.1) is 5.41 Å². The Balaban J connectivity index is 2.13. The van der Waals surface area contributed by atoms with Crippen LogP contribution in [-0.4, -0.2) is 36.2 Å². The van der Waals surface area contributed by atoms with Crippen molar-refractivity contribution in [3.8, 4) is 0 Å². The molecule has 4 nitrogen and oxygen atoms in total. The number of Topliss-reactive ketones (excluding diaryl/α,β-unsaturated/α-hetero) is 1. The largest absolute Gasteiger partial charge is 0.331 e. The number of piperidine rings is 1. The molecule has 0 bridgehead atoms. The van der Waals surface area contributed by atoms with E-state index in [0.717, 1.165) is 18.7 Å². The third-order valence-corrected chi connectivity index (χ3v) is 4.59.